The molecule has 7 heteroatoms. The van der Waals surface area contributed by atoms with Crippen LogP contribution in [-0.4, -0.2) is 20.2 Å². The number of ether oxygens (including phenoxy) is 2. The quantitative estimate of drug-likeness (QED) is 0.765. The van der Waals surface area contributed by atoms with E-state index in [4.69, 9.17) is 5.26 Å². The molecular weight excluding hydrogens is 251 g/mol. The molecule has 96 valence electrons. The van der Waals surface area contributed by atoms with Gasteiger partial charge < -0.3 is 9.47 Å². The van der Waals surface area contributed by atoms with E-state index in [-0.39, 0.29) is 5.56 Å². The summed E-state index contributed by atoms with van der Waals surface area (Å²) < 4.78 is 46.9. The summed E-state index contributed by atoms with van der Waals surface area (Å²) in [5.74, 6) is -1.59. The zero-order valence-corrected chi connectivity index (χ0v) is 9.46. The topological polar surface area (TPSA) is 59.3 Å². The molecule has 0 saturated heterocycles. The van der Waals surface area contributed by atoms with Crippen molar-refractivity contribution in [2.45, 2.75) is 6.18 Å². The Morgan fingerprint density at radius 3 is 2.33 bits per heavy atom. The molecule has 0 spiro atoms. The molecule has 0 aromatic heterocycles. The van der Waals surface area contributed by atoms with Crippen molar-refractivity contribution in [1.82, 2.24) is 0 Å². The molecule has 0 aliphatic carbocycles. The number of benzene rings is 1. The molecule has 0 saturated carbocycles. The SMILES string of the molecule is COC(=O)c1ccc(C(F)(F)F)c(OC)c1C#N. The van der Waals surface area contributed by atoms with Gasteiger partial charge in [-0.25, -0.2) is 4.79 Å². The number of hydrogen-bond donors (Lipinski definition) is 0. The average Bonchev–Trinajstić information content (AvgIpc) is 2.34. The van der Waals surface area contributed by atoms with E-state index in [1.165, 1.54) is 6.07 Å². The second-order valence-electron chi connectivity index (χ2n) is 3.17. The second kappa shape index (κ2) is 4.96. The minimum Gasteiger partial charge on any atom is -0.495 e. The van der Waals surface area contributed by atoms with E-state index in [0.717, 1.165) is 20.3 Å². The van der Waals surface area contributed by atoms with Crippen molar-refractivity contribution in [2.75, 3.05) is 14.2 Å². The third-order valence-corrected chi connectivity index (χ3v) is 2.18. The summed E-state index contributed by atoms with van der Waals surface area (Å²) in [5, 5.41) is 8.86. The van der Waals surface area contributed by atoms with Crippen LogP contribution >= 0.6 is 0 Å². The number of halogens is 3. The standard InChI is InChI=1S/C11H8F3NO3/c1-17-9-7(5-15)6(10(16)18-2)3-4-8(9)11(12,13)14/h3-4H,1-2H3. The van der Waals surface area contributed by atoms with Crippen LogP contribution in [0.15, 0.2) is 12.1 Å². The Morgan fingerprint density at radius 1 is 1.33 bits per heavy atom. The fourth-order valence-electron chi connectivity index (χ4n) is 1.41. The molecule has 0 fully saturated rings. The van der Waals surface area contributed by atoms with E-state index in [1.54, 1.807) is 0 Å². The summed E-state index contributed by atoms with van der Waals surface area (Å²) in [5.41, 5.74) is -1.89. The zero-order valence-electron chi connectivity index (χ0n) is 9.46. The Hall–Kier alpha value is -2.23. The van der Waals surface area contributed by atoms with Crippen LogP contribution in [0.1, 0.15) is 21.5 Å². The number of nitrogens with zero attached hydrogens (tertiary/aromatic N) is 1. The first kappa shape index (κ1) is 13.8. The highest BCUT2D eigenvalue weighted by molar-refractivity contribution is 5.93. The van der Waals surface area contributed by atoms with Gasteiger partial charge in [0.15, 0.2) is 0 Å². The predicted molar refractivity (Wildman–Crippen MR) is 54.1 cm³/mol. The number of alkyl halides is 3. The van der Waals surface area contributed by atoms with Gasteiger partial charge >= 0.3 is 12.1 Å². The van der Waals surface area contributed by atoms with Crippen LogP contribution in [0.3, 0.4) is 0 Å². The van der Waals surface area contributed by atoms with Crippen molar-refractivity contribution >= 4 is 5.97 Å². The minimum atomic E-state index is -4.68. The zero-order chi connectivity index (χ0) is 13.9. The smallest absolute Gasteiger partial charge is 0.420 e. The van der Waals surface area contributed by atoms with Gasteiger partial charge in [-0.05, 0) is 12.1 Å². The average molecular weight is 259 g/mol. The number of carbonyl (C=O) groups is 1. The summed E-state index contributed by atoms with van der Waals surface area (Å²) in [6, 6.07) is 3.07. The molecule has 4 nitrogen and oxygen atoms in total. The van der Waals surface area contributed by atoms with Crippen LogP contribution < -0.4 is 4.74 Å². The highest BCUT2D eigenvalue weighted by Crippen LogP contribution is 2.39. The lowest BCUT2D eigenvalue weighted by Gasteiger charge is -2.14. The Kier molecular flexibility index (Phi) is 3.81. The van der Waals surface area contributed by atoms with Gasteiger partial charge in [-0.3, -0.25) is 0 Å². The van der Waals surface area contributed by atoms with E-state index < -0.39 is 29.0 Å². The molecule has 0 N–H and O–H groups in total. The molecule has 18 heavy (non-hydrogen) atoms. The van der Waals surface area contributed by atoms with E-state index in [1.807, 2.05) is 0 Å². The molecule has 0 heterocycles. The van der Waals surface area contributed by atoms with Crippen LogP contribution in [0.4, 0.5) is 13.2 Å². The molecule has 0 aliphatic heterocycles. The maximum atomic E-state index is 12.7. The first-order chi connectivity index (χ1) is 8.36. The highest BCUT2D eigenvalue weighted by Gasteiger charge is 2.36. The van der Waals surface area contributed by atoms with E-state index in [9.17, 15) is 18.0 Å². The van der Waals surface area contributed by atoms with Gasteiger partial charge in [0, 0.05) is 0 Å². The van der Waals surface area contributed by atoms with E-state index in [2.05, 4.69) is 9.47 Å². The third-order valence-electron chi connectivity index (χ3n) is 2.18. The summed E-state index contributed by atoms with van der Waals surface area (Å²) in [6.45, 7) is 0. The monoisotopic (exact) mass is 259 g/mol. The lowest BCUT2D eigenvalue weighted by molar-refractivity contribution is -0.138. The van der Waals surface area contributed by atoms with Crippen LogP contribution in [-0.2, 0) is 10.9 Å². The van der Waals surface area contributed by atoms with Gasteiger partial charge in [0.1, 0.15) is 17.4 Å². The van der Waals surface area contributed by atoms with Crippen molar-refractivity contribution in [3.8, 4) is 11.8 Å². The number of rotatable bonds is 2. The van der Waals surface area contributed by atoms with Crippen LogP contribution in [0.5, 0.6) is 5.75 Å². The second-order valence-corrected chi connectivity index (χ2v) is 3.17. The first-order valence-electron chi connectivity index (χ1n) is 4.63. The normalized spacial score (nSPS) is 10.7. The van der Waals surface area contributed by atoms with E-state index >= 15 is 0 Å². The van der Waals surface area contributed by atoms with Crippen molar-refractivity contribution in [1.29, 1.82) is 5.26 Å². The molecule has 1 rings (SSSR count). The fourth-order valence-corrected chi connectivity index (χ4v) is 1.41. The Labute approximate surface area is 101 Å². The summed E-state index contributed by atoms with van der Waals surface area (Å²) in [6.07, 6.45) is -4.68. The van der Waals surface area contributed by atoms with Gasteiger partial charge in [0.25, 0.3) is 0 Å². The molecule has 0 aliphatic rings. The number of nitriles is 1. The molecule has 0 radical (unpaired) electrons. The molecule has 0 atom stereocenters. The van der Waals surface area contributed by atoms with Gasteiger partial charge in [0.2, 0.25) is 0 Å². The van der Waals surface area contributed by atoms with Crippen LogP contribution in [0, 0.1) is 11.3 Å². The van der Waals surface area contributed by atoms with Crippen molar-refractivity contribution < 1.29 is 27.4 Å². The van der Waals surface area contributed by atoms with E-state index in [0.29, 0.717) is 6.07 Å². The largest absolute Gasteiger partial charge is 0.495 e. The maximum Gasteiger partial charge on any atom is 0.420 e. The van der Waals surface area contributed by atoms with Gasteiger partial charge in [-0.15, -0.1) is 0 Å². The lowest BCUT2D eigenvalue weighted by atomic mass is 10.0. The summed E-state index contributed by atoms with van der Waals surface area (Å²) in [7, 11) is 2.06. The number of methoxy groups -OCH3 is 2. The highest BCUT2D eigenvalue weighted by atomic mass is 19.4. The number of carbonyl (C=O) groups excluding carboxylic acids is 1. The lowest BCUT2D eigenvalue weighted by Crippen LogP contribution is -2.12. The number of esters is 1. The molecule has 0 amide bonds. The number of hydrogen-bond acceptors (Lipinski definition) is 4. The van der Waals surface area contributed by atoms with Crippen molar-refractivity contribution in [3.63, 3.8) is 0 Å². The minimum absolute atomic E-state index is 0.273. The third kappa shape index (κ3) is 2.37. The Bertz CT molecular complexity index is 517. The van der Waals surface area contributed by atoms with Gasteiger partial charge in [0.05, 0.1) is 25.3 Å². The van der Waals surface area contributed by atoms with Gasteiger partial charge in [-0.1, -0.05) is 0 Å². The van der Waals surface area contributed by atoms with Crippen molar-refractivity contribution in [2.24, 2.45) is 0 Å². The summed E-state index contributed by atoms with van der Waals surface area (Å²) >= 11 is 0. The molecule has 1 aromatic rings. The molecular formula is C11H8F3NO3. The Balaban J connectivity index is 3.58. The molecule has 0 unspecified atom stereocenters. The molecule has 0 bridgehead atoms. The predicted octanol–water partition coefficient (Wildman–Crippen LogP) is 2.37. The molecule has 1 aromatic carbocycles. The van der Waals surface area contributed by atoms with Crippen LogP contribution in [0.2, 0.25) is 0 Å². The van der Waals surface area contributed by atoms with Gasteiger partial charge in [-0.2, -0.15) is 18.4 Å². The maximum absolute atomic E-state index is 12.7. The van der Waals surface area contributed by atoms with Crippen LogP contribution in [0.25, 0.3) is 0 Å². The van der Waals surface area contributed by atoms with Crippen molar-refractivity contribution in [3.05, 3.63) is 28.8 Å². The summed E-state index contributed by atoms with van der Waals surface area (Å²) in [4.78, 5) is 11.3. The Morgan fingerprint density at radius 2 is 1.94 bits per heavy atom. The first-order valence-corrected chi connectivity index (χ1v) is 4.63. The fraction of sp³-hybridized carbons (Fsp3) is 0.273.